The predicted molar refractivity (Wildman–Crippen MR) is 139 cm³/mol. The molecule has 0 heterocycles. The summed E-state index contributed by atoms with van der Waals surface area (Å²) in [5.74, 6) is 2.59. The lowest BCUT2D eigenvalue weighted by atomic mass is 10.1. The minimum atomic E-state index is 0. The Kier molecular flexibility index (Phi) is 18.8. The van der Waals surface area contributed by atoms with Gasteiger partial charge in [-0.05, 0) is 23.8 Å². The van der Waals surface area contributed by atoms with Crippen molar-refractivity contribution in [2.24, 2.45) is 0 Å². The van der Waals surface area contributed by atoms with Gasteiger partial charge in [0.25, 0.3) is 0 Å². The van der Waals surface area contributed by atoms with E-state index >= 15 is 0 Å². The van der Waals surface area contributed by atoms with E-state index in [0.29, 0.717) is 29.5 Å². The Labute approximate surface area is 214 Å². The minimum Gasteiger partial charge on any atom is -0.504 e. The van der Waals surface area contributed by atoms with Gasteiger partial charge in [0.1, 0.15) is 0 Å². The molecule has 0 aromatic heterocycles. The van der Waals surface area contributed by atoms with Gasteiger partial charge in [-0.3, -0.25) is 0 Å². The third kappa shape index (κ3) is 10.3. The molecule has 0 aliphatic heterocycles. The highest BCUT2D eigenvalue weighted by atomic mass is 35.5. The molecule has 0 radical (unpaired) electrons. The summed E-state index contributed by atoms with van der Waals surface area (Å²) < 4.78 is 21.3. The van der Waals surface area contributed by atoms with E-state index in [2.05, 4.69) is 16.0 Å². The van der Waals surface area contributed by atoms with E-state index < -0.39 is 0 Å². The number of hydrogen-bond donors (Lipinski definition) is 4. The Morgan fingerprint density at radius 1 is 0.636 bits per heavy atom. The first-order valence-electron chi connectivity index (χ1n) is 9.90. The number of ether oxygens (including phenoxy) is 4. The molecule has 0 fully saturated rings. The van der Waals surface area contributed by atoms with Crippen molar-refractivity contribution in [3.8, 4) is 28.7 Å². The fraction of sp³-hybridized carbons (Fsp3) is 0.455. The van der Waals surface area contributed by atoms with Crippen LogP contribution in [0.3, 0.4) is 0 Å². The molecule has 11 heteroatoms. The van der Waals surface area contributed by atoms with Crippen LogP contribution in [-0.2, 0) is 13.1 Å². The molecule has 0 saturated carbocycles. The summed E-state index contributed by atoms with van der Waals surface area (Å²) in [6, 6.07) is 9.22. The summed E-state index contributed by atoms with van der Waals surface area (Å²) in [6.45, 7) is 4.77. The van der Waals surface area contributed by atoms with E-state index in [1.54, 1.807) is 34.5 Å². The molecule has 0 bridgehead atoms. The van der Waals surface area contributed by atoms with Gasteiger partial charge in [-0.2, -0.15) is 0 Å². The van der Waals surface area contributed by atoms with E-state index in [9.17, 15) is 5.11 Å². The first-order valence-corrected chi connectivity index (χ1v) is 9.90. The van der Waals surface area contributed by atoms with Crippen LogP contribution in [-0.4, -0.2) is 59.7 Å². The summed E-state index contributed by atoms with van der Waals surface area (Å²) in [7, 11) is 6.39. The summed E-state index contributed by atoms with van der Waals surface area (Å²) in [5.41, 5.74) is 2.08. The third-order valence-electron chi connectivity index (χ3n) is 4.63. The van der Waals surface area contributed by atoms with Crippen molar-refractivity contribution in [1.29, 1.82) is 0 Å². The Balaban J connectivity index is 0. The van der Waals surface area contributed by atoms with E-state index in [1.807, 2.05) is 24.3 Å². The quantitative estimate of drug-likeness (QED) is 0.278. The molecule has 0 amide bonds. The van der Waals surface area contributed by atoms with E-state index in [0.717, 1.165) is 43.9 Å². The minimum absolute atomic E-state index is 0. The number of nitrogens with one attached hydrogen (secondary N) is 3. The molecule has 8 nitrogen and oxygen atoms in total. The summed E-state index contributed by atoms with van der Waals surface area (Å²) in [6.07, 6.45) is 0. The number of halogens is 3. The molecule has 190 valence electrons. The normalized spacial score (nSPS) is 9.70. The maximum Gasteiger partial charge on any atom is 0.203 e. The highest BCUT2D eigenvalue weighted by Gasteiger charge is 2.15. The Morgan fingerprint density at radius 3 is 1.79 bits per heavy atom. The second-order valence-corrected chi connectivity index (χ2v) is 6.60. The molecular formula is C22H36Cl3N3O5. The van der Waals surface area contributed by atoms with E-state index in [1.165, 1.54) is 0 Å². The highest BCUT2D eigenvalue weighted by Crippen LogP contribution is 2.39. The molecule has 0 saturated heterocycles. The number of phenols is 1. The lowest BCUT2D eigenvalue weighted by molar-refractivity contribution is 0.321. The maximum absolute atomic E-state index is 9.62. The SMILES string of the molecule is COc1cc(CNCCNCCNCc2ccc(OC)c(OC)c2OC)ccc1O.Cl.Cl.Cl. The number of benzene rings is 2. The van der Waals surface area contributed by atoms with Crippen molar-refractivity contribution < 1.29 is 24.1 Å². The van der Waals surface area contributed by atoms with E-state index in [4.69, 9.17) is 18.9 Å². The molecule has 2 rings (SSSR count). The lowest BCUT2D eigenvalue weighted by Gasteiger charge is -2.16. The predicted octanol–water partition coefficient (Wildman–Crippen LogP) is 3.16. The standard InChI is InChI=1S/C22H33N3O5.3ClH/c1-27-19-8-6-17(21(29-3)22(19)30-4)15-25-12-10-23-9-11-24-14-16-5-7-18(26)20(13-16)28-2;;;/h5-8,13,23-26H,9-12,14-15H2,1-4H3;3*1H. The summed E-state index contributed by atoms with van der Waals surface area (Å²) in [4.78, 5) is 0. The molecule has 2 aromatic carbocycles. The zero-order valence-corrected chi connectivity index (χ0v) is 21.9. The van der Waals surface area contributed by atoms with Crippen molar-refractivity contribution in [1.82, 2.24) is 16.0 Å². The molecule has 33 heavy (non-hydrogen) atoms. The number of aromatic hydroxyl groups is 1. The Morgan fingerprint density at radius 2 is 1.21 bits per heavy atom. The second kappa shape index (κ2) is 18.6. The van der Waals surface area contributed by atoms with Gasteiger partial charge in [0.15, 0.2) is 23.0 Å². The molecule has 0 atom stereocenters. The molecule has 0 aliphatic rings. The van der Waals surface area contributed by atoms with Crippen LogP contribution in [0.25, 0.3) is 0 Å². The molecule has 2 aromatic rings. The van der Waals surface area contributed by atoms with Crippen molar-refractivity contribution >= 4 is 37.2 Å². The van der Waals surface area contributed by atoms with Gasteiger partial charge in [0.2, 0.25) is 5.75 Å². The molecule has 0 aliphatic carbocycles. The van der Waals surface area contributed by atoms with Gasteiger partial charge in [-0.25, -0.2) is 0 Å². The van der Waals surface area contributed by atoms with Gasteiger partial charge in [-0.1, -0.05) is 12.1 Å². The van der Waals surface area contributed by atoms with Crippen LogP contribution in [0.4, 0.5) is 0 Å². The van der Waals surface area contributed by atoms with Crippen LogP contribution in [0.2, 0.25) is 0 Å². The number of phenolic OH excluding ortho intramolecular Hbond substituents is 1. The fourth-order valence-corrected chi connectivity index (χ4v) is 3.07. The van der Waals surface area contributed by atoms with Crippen molar-refractivity contribution in [3.05, 3.63) is 41.5 Å². The van der Waals surface area contributed by atoms with Gasteiger partial charge < -0.3 is 40.0 Å². The maximum atomic E-state index is 9.62. The Bertz CT molecular complexity index is 800. The van der Waals surface area contributed by atoms with Crippen LogP contribution < -0.4 is 34.9 Å². The van der Waals surface area contributed by atoms with Gasteiger partial charge in [-0.15, -0.1) is 37.2 Å². The zero-order valence-electron chi connectivity index (χ0n) is 19.4. The average molecular weight is 529 g/mol. The monoisotopic (exact) mass is 527 g/mol. The van der Waals surface area contributed by atoms with Crippen LogP contribution >= 0.6 is 37.2 Å². The molecule has 0 unspecified atom stereocenters. The summed E-state index contributed by atoms with van der Waals surface area (Å²) >= 11 is 0. The van der Waals surface area contributed by atoms with Crippen molar-refractivity contribution in [2.75, 3.05) is 54.6 Å². The van der Waals surface area contributed by atoms with Crippen molar-refractivity contribution in [3.63, 3.8) is 0 Å². The average Bonchev–Trinajstić information content (AvgIpc) is 2.78. The van der Waals surface area contributed by atoms with Gasteiger partial charge in [0.05, 0.1) is 28.4 Å². The van der Waals surface area contributed by atoms with Crippen LogP contribution in [0.5, 0.6) is 28.7 Å². The van der Waals surface area contributed by atoms with Gasteiger partial charge >= 0.3 is 0 Å². The molecule has 0 spiro atoms. The number of hydrogen-bond acceptors (Lipinski definition) is 8. The molecule has 4 N–H and O–H groups in total. The highest BCUT2D eigenvalue weighted by molar-refractivity contribution is 5.86. The third-order valence-corrected chi connectivity index (χ3v) is 4.63. The largest absolute Gasteiger partial charge is 0.504 e. The topological polar surface area (TPSA) is 93.2 Å². The lowest BCUT2D eigenvalue weighted by Crippen LogP contribution is -2.32. The van der Waals surface area contributed by atoms with Gasteiger partial charge in [0, 0.05) is 44.8 Å². The Hall–Kier alpha value is -1.81. The number of rotatable bonds is 14. The number of methoxy groups -OCH3 is 4. The second-order valence-electron chi connectivity index (χ2n) is 6.60. The van der Waals surface area contributed by atoms with Crippen LogP contribution in [0, 0.1) is 0 Å². The van der Waals surface area contributed by atoms with E-state index in [-0.39, 0.29) is 43.0 Å². The van der Waals surface area contributed by atoms with Crippen LogP contribution in [0.15, 0.2) is 30.3 Å². The van der Waals surface area contributed by atoms with Crippen molar-refractivity contribution in [2.45, 2.75) is 13.1 Å². The zero-order chi connectivity index (χ0) is 21.8. The molecular weight excluding hydrogens is 493 g/mol. The summed E-state index contributed by atoms with van der Waals surface area (Å²) in [5, 5.41) is 19.8. The fourth-order valence-electron chi connectivity index (χ4n) is 3.07. The smallest absolute Gasteiger partial charge is 0.203 e. The first kappa shape index (κ1) is 33.4. The van der Waals surface area contributed by atoms with Crippen LogP contribution in [0.1, 0.15) is 11.1 Å². The first-order chi connectivity index (χ1) is 14.6.